The average molecular weight is 284 g/mol. The summed E-state index contributed by atoms with van der Waals surface area (Å²) in [5.74, 6) is -0.343. The Morgan fingerprint density at radius 1 is 1.10 bits per heavy atom. The summed E-state index contributed by atoms with van der Waals surface area (Å²) in [5.41, 5.74) is 0.960. The van der Waals surface area contributed by atoms with E-state index in [1.54, 1.807) is 0 Å². The molecule has 108 valence electrons. The van der Waals surface area contributed by atoms with E-state index in [1.807, 2.05) is 18.2 Å². The molecule has 0 radical (unpaired) electrons. The van der Waals surface area contributed by atoms with Crippen LogP contribution in [0.3, 0.4) is 0 Å². The minimum absolute atomic E-state index is 0.106. The van der Waals surface area contributed by atoms with E-state index in [2.05, 4.69) is 22.1 Å². The lowest BCUT2D eigenvalue weighted by atomic mass is 9.73. The monoisotopic (exact) mass is 284 g/mol. The molecule has 1 aliphatic heterocycles. The van der Waals surface area contributed by atoms with Crippen molar-refractivity contribution >= 4 is 5.97 Å². The summed E-state index contributed by atoms with van der Waals surface area (Å²) in [6, 6.07) is 10.1. The first-order valence-corrected chi connectivity index (χ1v) is 6.91. The van der Waals surface area contributed by atoms with Gasteiger partial charge in [-0.05, 0) is 18.4 Å². The molecule has 0 unspecified atom stereocenters. The van der Waals surface area contributed by atoms with E-state index >= 15 is 0 Å². The van der Waals surface area contributed by atoms with Crippen LogP contribution in [0.25, 0.3) is 0 Å². The highest BCUT2D eigenvalue weighted by atomic mass is 16.5. The van der Waals surface area contributed by atoms with Crippen LogP contribution in [0.1, 0.15) is 34.6 Å². The highest BCUT2D eigenvalue weighted by Gasteiger charge is 2.38. The molecule has 0 bridgehead atoms. The fraction of sp³-hybridized carbons (Fsp3) is 0.312. The molecule has 3 rings (SSSR count). The first-order chi connectivity index (χ1) is 10.2. The Bertz CT molecular complexity index is 620. The number of benzene rings is 1. The minimum Gasteiger partial charge on any atom is -0.478 e. The van der Waals surface area contributed by atoms with Gasteiger partial charge < -0.3 is 9.84 Å². The molecule has 2 heterocycles. The molecule has 1 aromatic carbocycles. The van der Waals surface area contributed by atoms with Crippen molar-refractivity contribution in [1.29, 1.82) is 0 Å². The average Bonchev–Trinajstić information content (AvgIpc) is 2.56. The fourth-order valence-corrected chi connectivity index (χ4v) is 2.80. The van der Waals surface area contributed by atoms with E-state index in [0.29, 0.717) is 19.0 Å². The maximum atomic E-state index is 10.9. The van der Waals surface area contributed by atoms with Crippen LogP contribution in [0.5, 0.6) is 0 Å². The van der Waals surface area contributed by atoms with Gasteiger partial charge in [0.05, 0.1) is 11.0 Å². The standard InChI is InChI=1S/C16H16N2O3/c19-14(20)12-10-17-15(18-11-12)16(6-8-21-9-7-16)13-4-2-1-3-5-13/h1-5,10-11H,6-9H2,(H,19,20). The topological polar surface area (TPSA) is 72.3 Å². The Labute approximate surface area is 122 Å². The van der Waals surface area contributed by atoms with Crippen molar-refractivity contribution in [2.45, 2.75) is 18.3 Å². The first-order valence-electron chi connectivity index (χ1n) is 6.91. The molecule has 1 saturated heterocycles. The summed E-state index contributed by atoms with van der Waals surface area (Å²) in [6.45, 7) is 1.30. The molecule has 1 aliphatic rings. The highest BCUT2D eigenvalue weighted by Crippen LogP contribution is 2.39. The van der Waals surface area contributed by atoms with Crippen molar-refractivity contribution in [3.63, 3.8) is 0 Å². The van der Waals surface area contributed by atoms with Gasteiger partial charge in [0.2, 0.25) is 0 Å². The smallest absolute Gasteiger partial charge is 0.338 e. The SMILES string of the molecule is O=C(O)c1cnc(C2(c3ccccc3)CCOCC2)nc1. The highest BCUT2D eigenvalue weighted by molar-refractivity contribution is 5.86. The molecule has 0 aliphatic carbocycles. The molecule has 0 atom stereocenters. The molecule has 0 amide bonds. The molecule has 5 heteroatoms. The lowest BCUT2D eigenvalue weighted by molar-refractivity contribution is 0.0602. The second-order valence-electron chi connectivity index (χ2n) is 5.16. The molecule has 0 saturated carbocycles. The lowest BCUT2D eigenvalue weighted by Crippen LogP contribution is -2.36. The lowest BCUT2D eigenvalue weighted by Gasteiger charge is -2.36. The maximum Gasteiger partial charge on any atom is 0.338 e. The summed E-state index contributed by atoms with van der Waals surface area (Å²) in [7, 11) is 0. The molecule has 1 N–H and O–H groups in total. The van der Waals surface area contributed by atoms with E-state index < -0.39 is 5.97 Å². The Balaban J connectivity index is 2.05. The van der Waals surface area contributed by atoms with Gasteiger partial charge in [0, 0.05) is 25.6 Å². The van der Waals surface area contributed by atoms with Gasteiger partial charge in [-0.1, -0.05) is 30.3 Å². The Morgan fingerprint density at radius 2 is 1.71 bits per heavy atom. The van der Waals surface area contributed by atoms with Crippen LogP contribution in [0.15, 0.2) is 42.7 Å². The Morgan fingerprint density at radius 3 is 2.29 bits per heavy atom. The van der Waals surface area contributed by atoms with Crippen molar-refractivity contribution < 1.29 is 14.6 Å². The normalized spacial score (nSPS) is 17.3. The number of hydrogen-bond donors (Lipinski definition) is 1. The number of rotatable bonds is 3. The van der Waals surface area contributed by atoms with E-state index in [4.69, 9.17) is 9.84 Å². The number of ether oxygens (including phenoxy) is 1. The van der Waals surface area contributed by atoms with Gasteiger partial charge in [0.25, 0.3) is 0 Å². The predicted octanol–water partition coefficient (Wildman–Crippen LogP) is 2.27. The van der Waals surface area contributed by atoms with Gasteiger partial charge in [0.15, 0.2) is 0 Å². The maximum absolute atomic E-state index is 10.9. The number of carbonyl (C=O) groups is 1. The fourth-order valence-electron chi connectivity index (χ4n) is 2.80. The largest absolute Gasteiger partial charge is 0.478 e. The second-order valence-corrected chi connectivity index (χ2v) is 5.16. The van der Waals surface area contributed by atoms with Crippen LogP contribution in [0.2, 0.25) is 0 Å². The van der Waals surface area contributed by atoms with Gasteiger partial charge in [-0.15, -0.1) is 0 Å². The van der Waals surface area contributed by atoms with Crippen molar-refractivity contribution in [3.05, 3.63) is 59.7 Å². The van der Waals surface area contributed by atoms with E-state index in [1.165, 1.54) is 12.4 Å². The van der Waals surface area contributed by atoms with Crippen LogP contribution >= 0.6 is 0 Å². The van der Waals surface area contributed by atoms with Gasteiger partial charge in [-0.3, -0.25) is 0 Å². The van der Waals surface area contributed by atoms with Crippen LogP contribution < -0.4 is 0 Å². The number of carboxylic acids is 1. The zero-order chi connectivity index (χ0) is 14.7. The molecular formula is C16H16N2O3. The van der Waals surface area contributed by atoms with E-state index in [9.17, 15) is 4.79 Å². The predicted molar refractivity (Wildman–Crippen MR) is 76.3 cm³/mol. The summed E-state index contributed by atoms with van der Waals surface area (Å²) in [6.07, 6.45) is 4.35. The Kier molecular flexibility index (Phi) is 3.66. The third kappa shape index (κ3) is 2.52. The zero-order valence-corrected chi connectivity index (χ0v) is 11.5. The number of carboxylic acid groups (broad SMARTS) is 1. The molecule has 21 heavy (non-hydrogen) atoms. The van der Waals surface area contributed by atoms with Crippen LogP contribution in [-0.2, 0) is 10.2 Å². The van der Waals surface area contributed by atoms with Gasteiger partial charge in [-0.25, -0.2) is 14.8 Å². The quantitative estimate of drug-likeness (QED) is 0.936. The van der Waals surface area contributed by atoms with Crippen molar-refractivity contribution in [3.8, 4) is 0 Å². The minimum atomic E-state index is -1.01. The number of aromatic nitrogens is 2. The van der Waals surface area contributed by atoms with E-state index in [-0.39, 0.29) is 11.0 Å². The molecular weight excluding hydrogens is 268 g/mol. The first kappa shape index (κ1) is 13.7. The van der Waals surface area contributed by atoms with Crippen LogP contribution in [-0.4, -0.2) is 34.3 Å². The van der Waals surface area contributed by atoms with Gasteiger partial charge >= 0.3 is 5.97 Å². The summed E-state index contributed by atoms with van der Waals surface area (Å²) >= 11 is 0. The Hall–Kier alpha value is -2.27. The van der Waals surface area contributed by atoms with Crippen molar-refractivity contribution in [1.82, 2.24) is 9.97 Å². The second kappa shape index (κ2) is 5.61. The molecule has 2 aromatic rings. The van der Waals surface area contributed by atoms with Crippen molar-refractivity contribution in [2.75, 3.05) is 13.2 Å². The summed E-state index contributed by atoms with van der Waals surface area (Å²) < 4.78 is 5.48. The van der Waals surface area contributed by atoms with Crippen LogP contribution in [0, 0.1) is 0 Å². The third-order valence-electron chi connectivity index (χ3n) is 4.00. The number of nitrogens with zero attached hydrogens (tertiary/aromatic N) is 2. The number of aromatic carboxylic acids is 1. The zero-order valence-electron chi connectivity index (χ0n) is 11.5. The summed E-state index contributed by atoms with van der Waals surface area (Å²) in [4.78, 5) is 19.6. The van der Waals surface area contributed by atoms with Gasteiger partial charge in [0.1, 0.15) is 5.82 Å². The van der Waals surface area contributed by atoms with Crippen LogP contribution in [0.4, 0.5) is 0 Å². The third-order valence-corrected chi connectivity index (χ3v) is 4.00. The number of hydrogen-bond acceptors (Lipinski definition) is 4. The molecule has 0 spiro atoms. The molecule has 1 fully saturated rings. The molecule has 1 aromatic heterocycles. The van der Waals surface area contributed by atoms with Crippen molar-refractivity contribution in [2.24, 2.45) is 0 Å². The summed E-state index contributed by atoms with van der Waals surface area (Å²) in [5, 5.41) is 8.97. The van der Waals surface area contributed by atoms with Gasteiger partial charge in [-0.2, -0.15) is 0 Å². The molecule has 5 nitrogen and oxygen atoms in total. The van der Waals surface area contributed by atoms with E-state index in [0.717, 1.165) is 18.4 Å².